The molecular weight excluding hydrogens is 319 g/mol. The summed E-state index contributed by atoms with van der Waals surface area (Å²) in [5.74, 6) is 0.198. The summed E-state index contributed by atoms with van der Waals surface area (Å²) >= 11 is 2.28. The smallest absolute Gasteiger partial charge is 0.236 e. The summed E-state index contributed by atoms with van der Waals surface area (Å²) in [5.41, 5.74) is 1.18. The molecule has 1 aromatic heterocycles. The number of halogens is 1. The van der Waals surface area contributed by atoms with Gasteiger partial charge in [0.15, 0.2) is 0 Å². The Morgan fingerprint density at radius 1 is 1.44 bits per heavy atom. The summed E-state index contributed by atoms with van der Waals surface area (Å²) in [6, 6.07) is 0. The van der Waals surface area contributed by atoms with E-state index in [-0.39, 0.29) is 5.91 Å². The van der Waals surface area contributed by atoms with Crippen LogP contribution in [0, 0.1) is 3.57 Å². The number of hydrogen-bond donors (Lipinski definition) is 0. The zero-order valence-corrected chi connectivity index (χ0v) is 11.6. The van der Waals surface area contributed by atoms with Gasteiger partial charge >= 0.3 is 0 Å². The highest BCUT2D eigenvalue weighted by molar-refractivity contribution is 14.1. The molecule has 0 spiro atoms. The average molecular weight is 334 g/mol. The van der Waals surface area contributed by atoms with E-state index in [0.717, 1.165) is 23.2 Å². The van der Waals surface area contributed by atoms with E-state index < -0.39 is 0 Å². The van der Waals surface area contributed by atoms with E-state index in [1.807, 2.05) is 25.0 Å². The molecule has 0 bridgehead atoms. The minimum atomic E-state index is 0.198. The molecule has 88 valence electrons. The number of nitrogens with zero attached hydrogens (tertiary/aromatic N) is 4. The topological polar surface area (TPSA) is 41.4 Å². The van der Waals surface area contributed by atoms with E-state index in [0.29, 0.717) is 6.54 Å². The molecule has 0 radical (unpaired) electrons. The molecule has 0 aliphatic carbocycles. The Kier molecular flexibility index (Phi) is 3.48. The van der Waals surface area contributed by atoms with Gasteiger partial charge in [-0.25, -0.2) is 0 Å². The van der Waals surface area contributed by atoms with Crippen LogP contribution in [-0.2, 0) is 18.4 Å². The molecule has 0 aromatic carbocycles. The molecule has 0 N–H and O–H groups in total. The van der Waals surface area contributed by atoms with Gasteiger partial charge in [0.1, 0.15) is 0 Å². The Hall–Kier alpha value is -0.630. The van der Waals surface area contributed by atoms with Crippen LogP contribution in [0.3, 0.4) is 0 Å². The predicted octanol–water partition coefficient (Wildman–Crippen LogP) is 0.299. The van der Waals surface area contributed by atoms with Crippen molar-refractivity contribution in [3.8, 4) is 0 Å². The highest BCUT2D eigenvalue weighted by Crippen LogP contribution is 2.14. The SMILES string of the molecule is CN1CCN(Cc2c(I)cnn2C)CC1=O. The van der Waals surface area contributed by atoms with Crippen molar-refractivity contribution in [2.75, 3.05) is 26.7 Å². The van der Waals surface area contributed by atoms with Crippen molar-refractivity contribution in [2.45, 2.75) is 6.54 Å². The fourth-order valence-electron chi connectivity index (χ4n) is 1.77. The maximum absolute atomic E-state index is 11.6. The summed E-state index contributed by atoms with van der Waals surface area (Å²) in [4.78, 5) is 15.5. The molecule has 16 heavy (non-hydrogen) atoms. The number of aryl methyl sites for hydroxylation is 1. The van der Waals surface area contributed by atoms with E-state index in [4.69, 9.17) is 0 Å². The minimum absolute atomic E-state index is 0.198. The number of aromatic nitrogens is 2. The van der Waals surface area contributed by atoms with E-state index >= 15 is 0 Å². The van der Waals surface area contributed by atoms with Crippen molar-refractivity contribution in [3.63, 3.8) is 0 Å². The molecule has 5 nitrogen and oxygen atoms in total. The second-order valence-electron chi connectivity index (χ2n) is 4.09. The van der Waals surface area contributed by atoms with Crippen LogP contribution in [-0.4, -0.2) is 52.2 Å². The van der Waals surface area contributed by atoms with Gasteiger partial charge in [-0.15, -0.1) is 0 Å². The highest BCUT2D eigenvalue weighted by atomic mass is 127. The van der Waals surface area contributed by atoms with E-state index in [9.17, 15) is 4.79 Å². The molecule has 1 saturated heterocycles. The maximum atomic E-state index is 11.6. The molecule has 1 aliphatic heterocycles. The molecule has 6 heteroatoms. The standard InChI is InChI=1S/C10H15IN4O/c1-13-3-4-15(7-10(13)16)6-9-8(11)5-12-14(9)2/h5H,3-4,6-7H2,1-2H3. The lowest BCUT2D eigenvalue weighted by Crippen LogP contribution is -2.48. The minimum Gasteiger partial charge on any atom is -0.343 e. The molecule has 2 heterocycles. The Labute approximate surface area is 109 Å². The lowest BCUT2D eigenvalue weighted by Gasteiger charge is -2.31. The maximum Gasteiger partial charge on any atom is 0.236 e. The molecule has 0 unspecified atom stereocenters. The van der Waals surface area contributed by atoms with E-state index in [2.05, 4.69) is 32.6 Å². The Balaban J connectivity index is 2.03. The van der Waals surface area contributed by atoms with Crippen molar-refractivity contribution < 1.29 is 4.79 Å². The molecule has 1 aliphatic rings. The van der Waals surface area contributed by atoms with Crippen LogP contribution in [0.15, 0.2) is 6.20 Å². The molecule has 1 aromatic rings. The molecule has 1 amide bonds. The Bertz CT molecular complexity index is 384. The van der Waals surface area contributed by atoms with Crippen LogP contribution in [0.2, 0.25) is 0 Å². The third kappa shape index (κ3) is 2.37. The van der Waals surface area contributed by atoms with E-state index in [1.165, 1.54) is 5.69 Å². The number of amides is 1. The lowest BCUT2D eigenvalue weighted by atomic mass is 10.3. The zero-order valence-electron chi connectivity index (χ0n) is 9.48. The number of hydrogen-bond acceptors (Lipinski definition) is 3. The predicted molar refractivity (Wildman–Crippen MR) is 68.8 cm³/mol. The number of likely N-dealkylation sites (N-methyl/N-ethyl adjacent to an activating group) is 1. The summed E-state index contributed by atoms with van der Waals surface area (Å²) in [7, 11) is 3.79. The van der Waals surface area contributed by atoms with Gasteiger partial charge in [-0.1, -0.05) is 0 Å². The number of piperazine rings is 1. The van der Waals surface area contributed by atoms with Crippen molar-refractivity contribution in [3.05, 3.63) is 15.5 Å². The average Bonchev–Trinajstić information content (AvgIpc) is 2.55. The van der Waals surface area contributed by atoms with Gasteiger partial charge in [-0.05, 0) is 22.6 Å². The van der Waals surface area contributed by atoms with Crippen molar-refractivity contribution >= 4 is 28.5 Å². The van der Waals surface area contributed by atoms with Crippen molar-refractivity contribution in [1.82, 2.24) is 19.6 Å². The van der Waals surface area contributed by atoms with Gasteiger partial charge in [0.05, 0.1) is 22.0 Å². The van der Waals surface area contributed by atoms with Gasteiger partial charge in [0.25, 0.3) is 0 Å². The second kappa shape index (κ2) is 4.70. The number of rotatable bonds is 2. The first-order valence-electron chi connectivity index (χ1n) is 5.20. The fraction of sp³-hybridized carbons (Fsp3) is 0.600. The van der Waals surface area contributed by atoms with Crippen molar-refractivity contribution in [1.29, 1.82) is 0 Å². The van der Waals surface area contributed by atoms with Gasteiger partial charge in [-0.2, -0.15) is 5.10 Å². The summed E-state index contributed by atoms with van der Waals surface area (Å²) in [6.07, 6.45) is 1.85. The van der Waals surface area contributed by atoms with Crippen LogP contribution in [0.4, 0.5) is 0 Å². The summed E-state index contributed by atoms with van der Waals surface area (Å²) < 4.78 is 3.04. The first-order valence-corrected chi connectivity index (χ1v) is 6.28. The third-order valence-corrected chi connectivity index (χ3v) is 3.82. The normalized spacial score (nSPS) is 18.2. The van der Waals surface area contributed by atoms with Crippen LogP contribution < -0.4 is 0 Å². The molecule has 0 atom stereocenters. The molecular formula is C10H15IN4O. The van der Waals surface area contributed by atoms with Crippen LogP contribution in [0.5, 0.6) is 0 Å². The quantitative estimate of drug-likeness (QED) is 0.731. The largest absolute Gasteiger partial charge is 0.343 e. The first kappa shape index (κ1) is 11.8. The Morgan fingerprint density at radius 3 is 2.75 bits per heavy atom. The number of carbonyl (C=O) groups is 1. The lowest BCUT2D eigenvalue weighted by molar-refractivity contribution is -0.134. The number of carbonyl (C=O) groups excluding carboxylic acids is 1. The monoisotopic (exact) mass is 334 g/mol. The Morgan fingerprint density at radius 2 is 2.19 bits per heavy atom. The zero-order chi connectivity index (χ0) is 11.7. The highest BCUT2D eigenvalue weighted by Gasteiger charge is 2.22. The van der Waals surface area contributed by atoms with Crippen LogP contribution >= 0.6 is 22.6 Å². The van der Waals surface area contributed by atoms with Gasteiger partial charge in [-0.3, -0.25) is 14.4 Å². The van der Waals surface area contributed by atoms with Gasteiger partial charge in [0, 0.05) is 33.7 Å². The van der Waals surface area contributed by atoms with Crippen LogP contribution in [0.25, 0.3) is 0 Å². The van der Waals surface area contributed by atoms with Crippen LogP contribution in [0.1, 0.15) is 5.69 Å². The van der Waals surface area contributed by atoms with Gasteiger partial charge in [0.2, 0.25) is 5.91 Å². The second-order valence-corrected chi connectivity index (χ2v) is 5.25. The summed E-state index contributed by atoms with van der Waals surface area (Å²) in [6.45, 7) is 3.06. The summed E-state index contributed by atoms with van der Waals surface area (Å²) in [5, 5.41) is 4.20. The fourth-order valence-corrected chi connectivity index (χ4v) is 2.41. The van der Waals surface area contributed by atoms with E-state index in [1.54, 1.807) is 4.90 Å². The molecule has 1 fully saturated rings. The van der Waals surface area contributed by atoms with Gasteiger partial charge < -0.3 is 4.90 Å². The molecule has 0 saturated carbocycles. The first-order chi connectivity index (χ1) is 7.58. The third-order valence-electron chi connectivity index (χ3n) is 2.92. The van der Waals surface area contributed by atoms with Crippen molar-refractivity contribution in [2.24, 2.45) is 7.05 Å². The molecule has 2 rings (SSSR count).